The molecule has 0 unspecified atom stereocenters. The number of hydrogen-bond donors (Lipinski definition) is 0. The molecule has 3 fully saturated rings. The largest absolute Gasteiger partial charge is 0.497 e. The number of amides is 1. The zero-order valence-corrected chi connectivity index (χ0v) is 19.1. The summed E-state index contributed by atoms with van der Waals surface area (Å²) in [7, 11) is 4.34. The smallest absolute Gasteiger partial charge is 0.414 e. The standard InChI is InChI=1S/C25H27N3O5/c1-31-16-5-6-19-17(13-16)23-10-12-27-11-4-7-22(25(23,27)15-26)8-9-24(23,28(19)21(30)33-3)18(14-22)20(29)32-2/h5-6,13-14H,4,7-12H2,1-3H3/t22-,23+,24-,25+/m1/s1. The molecule has 2 bridgehead atoms. The number of anilines is 1. The van der Waals surface area contributed by atoms with Crippen molar-refractivity contribution in [2.75, 3.05) is 39.3 Å². The fourth-order valence-electron chi connectivity index (χ4n) is 8.47. The lowest BCUT2D eigenvalue weighted by Gasteiger charge is -2.69. The molecule has 8 nitrogen and oxygen atoms in total. The maximum atomic E-state index is 13.4. The van der Waals surface area contributed by atoms with E-state index in [4.69, 9.17) is 14.2 Å². The summed E-state index contributed by atoms with van der Waals surface area (Å²) >= 11 is 0. The number of ether oxygens (including phenoxy) is 3. The Labute approximate surface area is 192 Å². The minimum atomic E-state index is -1.06. The second kappa shape index (κ2) is 6.29. The van der Waals surface area contributed by atoms with E-state index in [9.17, 15) is 14.9 Å². The molecule has 0 N–H and O–H groups in total. The van der Waals surface area contributed by atoms with E-state index in [1.54, 1.807) is 12.0 Å². The average molecular weight is 450 g/mol. The lowest BCUT2D eigenvalue weighted by molar-refractivity contribution is -0.141. The normalized spacial score (nSPS) is 37.4. The quantitative estimate of drug-likeness (QED) is 0.641. The molecule has 6 aliphatic rings. The molecule has 8 heteroatoms. The minimum Gasteiger partial charge on any atom is -0.497 e. The molecule has 7 rings (SSSR count). The maximum absolute atomic E-state index is 13.4. The van der Waals surface area contributed by atoms with Gasteiger partial charge < -0.3 is 14.2 Å². The molecule has 3 heterocycles. The summed E-state index contributed by atoms with van der Waals surface area (Å²) < 4.78 is 16.2. The van der Waals surface area contributed by atoms with E-state index in [1.165, 1.54) is 14.2 Å². The van der Waals surface area contributed by atoms with Gasteiger partial charge in [-0.3, -0.25) is 9.80 Å². The van der Waals surface area contributed by atoms with Gasteiger partial charge in [0.1, 0.15) is 11.3 Å². The van der Waals surface area contributed by atoms with E-state index in [2.05, 4.69) is 11.0 Å². The van der Waals surface area contributed by atoms with Crippen LogP contribution in [0.1, 0.15) is 37.7 Å². The van der Waals surface area contributed by atoms with Crippen molar-refractivity contribution in [2.24, 2.45) is 5.41 Å². The molecule has 3 aliphatic heterocycles. The van der Waals surface area contributed by atoms with Crippen molar-refractivity contribution in [2.45, 2.75) is 48.6 Å². The number of hydrogen-bond acceptors (Lipinski definition) is 7. The molecule has 0 aromatic heterocycles. The summed E-state index contributed by atoms with van der Waals surface area (Å²) in [6, 6.07) is 8.44. The third-order valence-electron chi connectivity index (χ3n) is 9.34. The first kappa shape index (κ1) is 20.5. The van der Waals surface area contributed by atoms with E-state index in [-0.39, 0.29) is 0 Å². The van der Waals surface area contributed by atoms with Gasteiger partial charge in [-0.25, -0.2) is 9.59 Å². The molecule has 2 saturated heterocycles. The van der Waals surface area contributed by atoms with Crippen LogP contribution in [-0.4, -0.2) is 62.5 Å². The number of rotatable bonds is 2. The van der Waals surface area contributed by atoms with E-state index in [1.807, 2.05) is 24.3 Å². The lowest BCUT2D eigenvalue weighted by Crippen LogP contribution is -2.81. The summed E-state index contributed by atoms with van der Waals surface area (Å²) in [6.45, 7) is 1.55. The highest BCUT2D eigenvalue weighted by Gasteiger charge is 2.86. The Bertz CT molecular complexity index is 1170. The van der Waals surface area contributed by atoms with Gasteiger partial charge in [0.2, 0.25) is 0 Å². The van der Waals surface area contributed by atoms with Crippen LogP contribution in [0.15, 0.2) is 29.8 Å². The Hall–Kier alpha value is -3.05. The van der Waals surface area contributed by atoms with Crippen molar-refractivity contribution < 1.29 is 23.8 Å². The predicted octanol–water partition coefficient (Wildman–Crippen LogP) is 2.91. The fourth-order valence-corrected chi connectivity index (χ4v) is 8.47. The Balaban J connectivity index is 1.80. The van der Waals surface area contributed by atoms with Crippen molar-refractivity contribution in [3.63, 3.8) is 0 Å². The maximum Gasteiger partial charge on any atom is 0.414 e. The number of benzene rings is 1. The van der Waals surface area contributed by atoms with Crippen molar-refractivity contribution in [1.29, 1.82) is 5.26 Å². The van der Waals surface area contributed by atoms with E-state index in [0.717, 1.165) is 37.9 Å². The monoisotopic (exact) mass is 449 g/mol. The third kappa shape index (κ3) is 1.84. The Morgan fingerprint density at radius 1 is 1.06 bits per heavy atom. The van der Waals surface area contributed by atoms with Gasteiger partial charge >= 0.3 is 12.1 Å². The Kier molecular flexibility index (Phi) is 3.92. The number of esters is 1. The van der Waals surface area contributed by atoms with Gasteiger partial charge in [0.05, 0.1) is 49.6 Å². The first-order valence-electron chi connectivity index (χ1n) is 11.5. The van der Waals surface area contributed by atoms with Gasteiger partial charge in [0.25, 0.3) is 0 Å². The Morgan fingerprint density at radius 3 is 2.58 bits per heavy atom. The van der Waals surface area contributed by atoms with Gasteiger partial charge in [-0.2, -0.15) is 5.26 Å². The molecule has 0 radical (unpaired) electrons. The summed E-state index contributed by atoms with van der Waals surface area (Å²) in [5.41, 5.74) is -1.19. The molecule has 172 valence electrons. The van der Waals surface area contributed by atoms with Crippen LogP contribution in [0.4, 0.5) is 10.5 Å². The number of nitrogens with zero attached hydrogens (tertiary/aromatic N) is 3. The van der Waals surface area contributed by atoms with Crippen LogP contribution in [0.3, 0.4) is 0 Å². The van der Waals surface area contributed by atoms with Crippen LogP contribution in [0.2, 0.25) is 0 Å². The molecule has 1 saturated carbocycles. The number of fused-ring (bicyclic) bond motifs is 2. The van der Waals surface area contributed by atoms with Gasteiger partial charge in [-0.05, 0) is 62.4 Å². The van der Waals surface area contributed by atoms with E-state index >= 15 is 0 Å². The van der Waals surface area contributed by atoms with Crippen LogP contribution in [0.5, 0.6) is 5.75 Å². The summed E-state index contributed by atoms with van der Waals surface area (Å²) in [6.07, 6.45) is 5.19. The summed E-state index contributed by atoms with van der Waals surface area (Å²) in [5, 5.41) is 11.0. The van der Waals surface area contributed by atoms with Crippen molar-refractivity contribution in [3.05, 3.63) is 35.4 Å². The topological polar surface area (TPSA) is 92.1 Å². The highest BCUT2D eigenvalue weighted by molar-refractivity contribution is 6.04. The van der Waals surface area contributed by atoms with Crippen LogP contribution in [-0.2, 0) is 19.7 Å². The zero-order valence-electron chi connectivity index (χ0n) is 19.1. The number of nitriles is 1. The van der Waals surface area contributed by atoms with Crippen molar-refractivity contribution >= 4 is 17.7 Å². The highest BCUT2D eigenvalue weighted by atomic mass is 16.5. The van der Waals surface area contributed by atoms with Gasteiger partial charge in [-0.1, -0.05) is 6.08 Å². The molecule has 1 aromatic carbocycles. The lowest BCUT2D eigenvalue weighted by atomic mass is 9.37. The van der Waals surface area contributed by atoms with Crippen LogP contribution in [0.25, 0.3) is 0 Å². The number of carbonyl (C=O) groups is 2. The molecule has 3 aliphatic carbocycles. The molecule has 3 spiro atoms. The zero-order chi connectivity index (χ0) is 23.2. The van der Waals surface area contributed by atoms with Crippen LogP contribution < -0.4 is 9.64 Å². The van der Waals surface area contributed by atoms with Gasteiger partial charge in [0.15, 0.2) is 0 Å². The van der Waals surface area contributed by atoms with E-state index < -0.39 is 34.0 Å². The summed E-state index contributed by atoms with van der Waals surface area (Å²) in [5.74, 6) is 0.212. The van der Waals surface area contributed by atoms with Crippen molar-refractivity contribution in [3.8, 4) is 11.8 Å². The molecule has 1 amide bonds. The SMILES string of the molecule is COC(=O)C1=C[C@@]23CCCN4CC[C@@]5(c6cc(OC)ccc6N(C(=O)OC)[C@]15CC2)[C@@]43C#N. The first-order valence-corrected chi connectivity index (χ1v) is 11.5. The predicted molar refractivity (Wildman–Crippen MR) is 118 cm³/mol. The number of methoxy groups -OCH3 is 3. The minimum absolute atomic E-state index is 0.447. The van der Waals surface area contributed by atoms with Gasteiger partial charge in [-0.15, -0.1) is 0 Å². The molecule has 33 heavy (non-hydrogen) atoms. The van der Waals surface area contributed by atoms with Crippen molar-refractivity contribution in [1.82, 2.24) is 4.90 Å². The molecular formula is C25H27N3O5. The molecular weight excluding hydrogens is 422 g/mol. The summed E-state index contributed by atoms with van der Waals surface area (Å²) in [4.78, 5) is 30.8. The second-order valence-corrected chi connectivity index (χ2v) is 9.82. The molecule has 4 atom stereocenters. The third-order valence-corrected chi connectivity index (χ3v) is 9.34. The van der Waals surface area contributed by atoms with Crippen LogP contribution >= 0.6 is 0 Å². The average Bonchev–Trinajstić information content (AvgIpc) is 3.34. The van der Waals surface area contributed by atoms with Crippen LogP contribution in [0, 0.1) is 16.7 Å². The highest BCUT2D eigenvalue weighted by Crippen LogP contribution is 2.78. The molecule has 1 aromatic rings. The second-order valence-electron chi connectivity index (χ2n) is 9.82. The van der Waals surface area contributed by atoms with E-state index in [0.29, 0.717) is 29.9 Å². The number of carbonyl (C=O) groups excluding carboxylic acids is 2. The Morgan fingerprint density at radius 2 is 1.88 bits per heavy atom. The van der Waals surface area contributed by atoms with Gasteiger partial charge in [0, 0.05) is 12.0 Å². The first-order chi connectivity index (χ1) is 15.9. The fraction of sp³-hybridized carbons (Fsp3) is 0.560. The number of piperidine rings is 1.